The van der Waals surface area contributed by atoms with Crippen LogP contribution < -0.4 is 5.32 Å². The summed E-state index contributed by atoms with van der Waals surface area (Å²) in [6.07, 6.45) is 71.5. The molecule has 9 heteroatoms. The summed E-state index contributed by atoms with van der Waals surface area (Å²) < 4.78 is 11.2. The van der Waals surface area contributed by atoms with Crippen LogP contribution in [0.1, 0.15) is 219 Å². The molecular formula is C64H107NO8. The van der Waals surface area contributed by atoms with Crippen molar-refractivity contribution in [2.45, 2.75) is 262 Å². The highest BCUT2D eigenvalue weighted by Gasteiger charge is 2.44. The van der Waals surface area contributed by atoms with Gasteiger partial charge in [-0.05, 0) is 89.9 Å². The zero-order valence-electron chi connectivity index (χ0n) is 46.1. The molecule has 0 saturated carbocycles. The molecule has 1 aliphatic rings. The maximum absolute atomic E-state index is 13.0. The molecule has 416 valence electrons. The molecule has 0 aliphatic carbocycles. The second-order valence-electron chi connectivity index (χ2n) is 19.7. The maximum Gasteiger partial charge on any atom is 0.220 e. The van der Waals surface area contributed by atoms with Crippen molar-refractivity contribution in [1.29, 1.82) is 0 Å². The Kier molecular flexibility index (Phi) is 48.2. The largest absolute Gasteiger partial charge is 0.394 e. The molecule has 0 bridgehead atoms. The minimum absolute atomic E-state index is 0.186. The Balaban J connectivity index is 2.07. The van der Waals surface area contributed by atoms with E-state index >= 15 is 0 Å². The third-order valence-corrected chi connectivity index (χ3v) is 13.0. The number of allylic oxidation sites excluding steroid dienone is 19. The summed E-state index contributed by atoms with van der Waals surface area (Å²) >= 11 is 0. The van der Waals surface area contributed by atoms with Gasteiger partial charge in [-0.1, -0.05) is 245 Å². The minimum Gasteiger partial charge on any atom is -0.394 e. The van der Waals surface area contributed by atoms with Gasteiger partial charge in [0.1, 0.15) is 24.4 Å². The zero-order chi connectivity index (χ0) is 52.9. The summed E-state index contributed by atoms with van der Waals surface area (Å²) in [5, 5.41) is 54.2. The highest BCUT2D eigenvalue weighted by atomic mass is 16.7. The molecule has 0 spiro atoms. The highest BCUT2D eigenvalue weighted by Crippen LogP contribution is 2.23. The van der Waals surface area contributed by atoms with E-state index in [0.29, 0.717) is 6.42 Å². The second kappa shape index (κ2) is 52.0. The van der Waals surface area contributed by atoms with Gasteiger partial charge in [0.25, 0.3) is 0 Å². The molecule has 0 radical (unpaired) electrons. The van der Waals surface area contributed by atoms with Crippen LogP contribution in [-0.4, -0.2) is 87.5 Å². The molecule has 1 amide bonds. The summed E-state index contributed by atoms with van der Waals surface area (Å²) in [5.74, 6) is -0.186. The van der Waals surface area contributed by atoms with E-state index in [9.17, 15) is 30.3 Å². The molecular weight excluding hydrogens is 911 g/mol. The molecule has 6 N–H and O–H groups in total. The number of rotatable bonds is 48. The van der Waals surface area contributed by atoms with E-state index in [4.69, 9.17) is 9.47 Å². The van der Waals surface area contributed by atoms with Crippen LogP contribution in [0.25, 0.3) is 0 Å². The summed E-state index contributed by atoms with van der Waals surface area (Å²) in [5.41, 5.74) is 0. The van der Waals surface area contributed by atoms with Crippen molar-refractivity contribution in [3.8, 4) is 0 Å². The van der Waals surface area contributed by atoms with E-state index in [0.717, 1.165) is 96.3 Å². The molecule has 7 unspecified atom stereocenters. The number of nitrogens with one attached hydrogen (secondary N) is 1. The Morgan fingerprint density at radius 3 is 1.26 bits per heavy atom. The fourth-order valence-electron chi connectivity index (χ4n) is 8.44. The number of hydrogen-bond donors (Lipinski definition) is 6. The van der Waals surface area contributed by atoms with E-state index in [2.05, 4.69) is 129 Å². The van der Waals surface area contributed by atoms with E-state index in [1.807, 2.05) is 6.08 Å². The summed E-state index contributed by atoms with van der Waals surface area (Å²) in [4.78, 5) is 13.0. The van der Waals surface area contributed by atoms with Gasteiger partial charge in [-0.15, -0.1) is 0 Å². The molecule has 9 nitrogen and oxygen atoms in total. The first-order valence-corrected chi connectivity index (χ1v) is 29.3. The lowest BCUT2D eigenvalue weighted by Crippen LogP contribution is -2.60. The van der Waals surface area contributed by atoms with Gasteiger partial charge in [0.2, 0.25) is 5.91 Å². The van der Waals surface area contributed by atoms with Crippen LogP contribution in [0.2, 0.25) is 0 Å². The fraction of sp³-hybridized carbons (Fsp3) is 0.672. The SMILES string of the molecule is CC/C=C\C/C=C\C/C=C\C/C=C\C/C=C\C/C=C\C/C=C\C/C=C\C/C=C\CCCCCCCCCCCCCCCC(=O)NC(COC1OC(CO)C(O)C(O)C1O)C(O)/C=C/CCCCCCCCC. The monoisotopic (exact) mass is 1020 g/mol. The third kappa shape index (κ3) is 41.5. The Hall–Kier alpha value is -3.41. The molecule has 1 fully saturated rings. The predicted molar refractivity (Wildman–Crippen MR) is 308 cm³/mol. The van der Waals surface area contributed by atoms with Crippen molar-refractivity contribution in [1.82, 2.24) is 5.32 Å². The smallest absolute Gasteiger partial charge is 0.220 e. The Morgan fingerprint density at radius 1 is 0.479 bits per heavy atom. The molecule has 1 saturated heterocycles. The summed E-state index contributed by atoms with van der Waals surface area (Å²) in [6, 6.07) is -0.810. The van der Waals surface area contributed by atoms with Crippen LogP contribution in [0.15, 0.2) is 122 Å². The number of aliphatic hydroxyl groups is 5. The molecule has 0 aromatic rings. The summed E-state index contributed by atoms with van der Waals surface area (Å²) in [6.45, 7) is 3.61. The zero-order valence-corrected chi connectivity index (χ0v) is 46.1. The maximum atomic E-state index is 13.0. The summed E-state index contributed by atoms with van der Waals surface area (Å²) in [7, 11) is 0. The van der Waals surface area contributed by atoms with Crippen molar-refractivity contribution in [2.24, 2.45) is 0 Å². The lowest BCUT2D eigenvalue weighted by molar-refractivity contribution is -0.302. The van der Waals surface area contributed by atoms with Crippen molar-refractivity contribution in [2.75, 3.05) is 13.2 Å². The molecule has 73 heavy (non-hydrogen) atoms. The van der Waals surface area contributed by atoms with Gasteiger partial charge in [0.15, 0.2) is 6.29 Å². The minimum atomic E-state index is -1.57. The standard InChI is InChI=1S/C64H107NO8/c1-3-5-7-9-11-13-14-15-16-17-18-19-20-21-22-23-24-25-26-27-28-29-30-31-32-33-34-35-36-37-38-39-40-41-42-43-44-46-48-50-52-54-60(68)65-57(58(67)53-51-49-47-45-12-10-8-6-4-2)56-72-64-63(71)62(70)61(69)59(55-66)73-64/h5,7,11,13,15-16,18-19,21-22,24-25,27-28,30-31,33-34,51,53,57-59,61-64,66-67,69-71H,3-4,6,8-10,12,14,17,20,23,26,29,32,35-50,52,54-56H2,1-2H3,(H,65,68)/b7-5-,13-11-,16-15-,19-18-,22-21-,25-24-,28-27-,31-30-,34-33-,53-51+. The first kappa shape index (κ1) is 67.6. The van der Waals surface area contributed by atoms with Gasteiger partial charge in [-0.2, -0.15) is 0 Å². The molecule has 1 heterocycles. The number of carbonyl (C=O) groups excluding carboxylic acids is 1. The number of amides is 1. The van der Waals surface area contributed by atoms with Crippen LogP contribution in [0.4, 0.5) is 0 Å². The van der Waals surface area contributed by atoms with E-state index in [1.54, 1.807) is 6.08 Å². The topological polar surface area (TPSA) is 149 Å². The van der Waals surface area contributed by atoms with Crippen LogP contribution in [0, 0.1) is 0 Å². The quantitative estimate of drug-likeness (QED) is 0.0261. The second-order valence-corrected chi connectivity index (χ2v) is 19.7. The van der Waals surface area contributed by atoms with Gasteiger partial charge in [-0.3, -0.25) is 4.79 Å². The molecule has 0 aromatic carbocycles. The van der Waals surface area contributed by atoms with Gasteiger partial charge in [-0.25, -0.2) is 0 Å². The van der Waals surface area contributed by atoms with Crippen LogP contribution in [0.3, 0.4) is 0 Å². The number of hydrogen-bond acceptors (Lipinski definition) is 8. The van der Waals surface area contributed by atoms with Gasteiger partial charge in [0.05, 0.1) is 25.4 Å². The highest BCUT2D eigenvalue weighted by molar-refractivity contribution is 5.76. The number of aliphatic hydroxyl groups excluding tert-OH is 5. The number of carbonyl (C=O) groups is 1. The lowest BCUT2D eigenvalue weighted by atomic mass is 9.99. The first-order chi connectivity index (χ1) is 35.8. The Labute approximate surface area is 446 Å². The van der Waals surface area contributed by atoms with E-state index < -0.39 is 49.5 Å². The van der Waals surface area contributed by atoms with Crippen molar-refractivity contribution in [3.63, 3.8) is 0 Å². The fourth-order valence-corrected chi connectivity index (χ4v) is 8.44. The van der Waals surface area contributed by atoms with Crippen LogP contribution in [-0.2, 0) is 14.3 Å². The predicted octanol–water partition coefficient (Wildman–Crippen LogP) is 14.7. The average Bonchev–Trinajstić information content (AvgIpc) is 3.39. The number of ether oxygens (including phenoxy) is 2. The number of unbranched alkanes of at least 4 members (excludes halogenated alkanes) is 20. The van der Waals surface area contributed by atoms with Crippen molar-refractivity contribution < 1.29 is 39.8 Å². The first-order valence-electron chi connectivity index (χ1n) is 29.3. The molecule has 7 atom stereocenters. The average molecular weight is 1020 g/mol. The molecule has 1 rings (SSSR count). The van der Waals surface area contributed by atoms with Crippen molar-refractivity contribution in [3.05, 3.63) is 122 Å². The Bertz CT molecular complexity index is 1560. The van der Waals surface area contributed by atoms with E-state index in [-0.39, 0.29) is 12.5 Å². The van der Waals surface area contributed by atoms with Gasteiger partial charge < -0.3 is 40.3 Å². The Morgan fingerprint density at radius 2 is 0.849 bits per heavy atom. The van der Waals surface area contributed by atoms with Crippen LogP contribution in [0.5, 0.6) is 0 Å². The van der Waals surface area contributed by atoms with Crippen molar-refractivity contribution >= 4 is 5.91 Å². The van der Waals surface area contributed by atoms with Crippen LogP contribution >= 0.6 is 0 Å². The lowest BCUT2D eigenvalue weighted by Gasteiger charge is -2.40. The molecule has 0 aromatic heterocycles. The van der Waals surface area contributed by atoms with E-state index in [1.165, 1.54) is 103 Å². The normalized spacial score (nSPS) is 20.0. The van der Waals surface area contributed by atoms with Gasteiger partial charge >= 0.3 is 0 Å². The van der Waals surface area contributed by atoms with Gasteiger partial charge in [0, 0.05) is 6.42 Å². The molecule has 1 aliphatic heterocycles. The third-order valence-electron chi connectivity index (χ3n) is 13.0.